The van der Waals surface area contributed by atoms with Crippen molar-refractivity contribution in [1.29, 1.82) is 0 Å². The number of rotatable bonds is 4. The fourth-order valence-corrected chi connectivity index (χ4v) is 1.99. The minimum atomic E-state index is -0.384. The molecule has 0 aliphatic rings. The first-order valence-corrected chi connectivity index (χ1v) is 6.34. The molecule has 1 heterocycles. The van der Waals surface area contributed by atoms with Crippen LogP contribution in [-0.4, -0.2) is 24.6 Å². The van der Waals surface area contributed by atoms with E-state index in [9.17, 15) is 4.79 Å². The van der Waals surface area contributed by atoms with Crippen molar-refractivity contribution in [3.8, 4) is 0 Å². The Bertz CT molecular complexity index is 599. The third-order valence-corrected chi connectivity index (χ3v) is 2.93. The number of hydrogen-bond acceptors (Lipinski definition) is 5. The van der Waals surface area contributed by atoms with Crippen LogP contribution in [0.2, 0.25) is 0 Å². The number of nitrogen functional groups attached to an aromatic ring is 1. The molecule has 0 saturated heterocycles. The predicted molar refractivity (Wildman–Crippen MR) is 79.1 cm³/mol. The molecule has 0 spiro atoms. The number of nitrogens with two attached hydrogens (primary N) is 1. The van der Waals surface area contributed by atoms with Crippen molar-refractivity contribution in [1.82, 2.24) is 4.98 Å². The maximum absolute atomic E-state index is 12.0. The summed E-state index contributed by atoms with van der Waals surface area (Å²) in [7, 11) is 1.84. The van der Waals surface area contributed by atoms with E-state index in [1.165, 1.54) is 0 Å². The number of carbonyl (C=O) groups excluding carboxylic acids is 1. The number of pyridine rings is 1. The third-order valence-electron chi connectivity index (χ3n) is 2.93. The van der Waals surface area contributed by atoms with E-state index >= 15 is 0 Å². The first kappa shape index (κ1) is 13.9. The molecule has 0 aliphatic carbocycles. The lowest BCUT2D eigenvalue weighted by atomic mass is 10.1. The van der Waals surface area contributed by atoms with Crippen LogP contribution < -0.4 is 10.6 Å². The molecule has 20 heavy (non-hydrogen) atoms. The second-order valence-electron chi connectivity index (χ2n) is 4.23. The van der Waals surface area contributed by atoms with Crippen LogP contribution in [0.5, 0.6) is 0 Å². The van der Waals surface area contributed by atoms with E-state index in [1.54, 1.807) is 37.5 Å². The van der Waals surface area contributed by atoms with E-state index in [4.69, 9.17) is 10.5 Å². The summed E-state index contributed by atoms with van der Waals surface area (Å²) in [5, 5.41) is 0. The van der Waals surface area contributed by atoms with Crippen molar-refractivity contribution >= 4 is 23.0 Å². The van der Waals surface area contributed by atoms with Gasteiger partial charge in [-0.25, -0.2) is 4.79 Å². The summed E-state index contributed by atoms with van der Waals surface area (Å²) < 4.78 is 5.07. The zero-order chi connectivity index (χ0) is 14.5. The zero-order valence-corrected chi connectivity index (χ0v) is 11.5. The molecule has 0 unspecified atom stereocenters. The standard InChI is InChI=1S/C15H17N3O2/c1-3-20-15(19)12-7-4-8-13(16)14(12)18(2)11-6-5-9-17-10-11/h4-10H,3,16H2,1-2H3. The van der Waals surface area contributed by atoms with Crippen LogP contribution in [-0.2, 0) is 4.74 Å². The summed E-state index contributed by atoms with van der Waals surface area (Å²) in [6.07, 6.45) is 3.40. The minimum absolute atomic E-state index is 0.323. The molecule has 104 valence electrons. The van der Waals surface area contributed by atoms with Gasteiger partial charge < -0.3 is 15.4 Å². The molecule has 5 heteroatoms. The first-order valence-electron chi connectivity index (χ1n) is 6.34. The molecule has 0 fully saturated rings. The van der Waals surface area contributed by atoms with Crippen molar-refractivity contribution in [2.75, 3.05) is 24.3 Å². The molecule has 2 N–H and O–H groups in total. The van der Waals surface area contributed by atoms with E-state index in [-0.39, 0.29) is 5.97 Å². The predicted octanol–water partition coefficient (Wildman–Crippen LogP) is 2.61. The monoisotopic (exact) mass is 271 g/mol. The number of benzene rings is 1. The quantitative estimate of drug-likeness (QED) is 0.684. The number of aromatic nitrogens is 1. The number of hydrogen-bond donors (Lipinski definition) is 1. The van der Waals surface area contributed by atoms with Gasteiger partial charge in [-0.3, -0.25) is 4.98 Å². The topological polar surface area (TPSA) is 68.5 Å². The first-order chi connectivity index (χ1) is 9.65. The van der Waals surface area contributed by atoms with Crippen LogP contribution in [0.25, 0.3) is 0 Å². The van der Waals surface area contributed by atoms with Crippen LogP contribution in [0.3, 0.4) is 0 Å². The third kappa shape index (κ3) is 2.71. The minimum Gasteiger partial charge on any atom is -0.462 e. The lowest BCUT2D eigenvalue weighted by Gasteiger charge is -2.23. The van der Waals surface area contributed by atoms with E-state index in [1.807, 2.05) is 24.1 Å². The van der Waals surface area contributed by atoms with Crippen molar-refractivity contribution in [3.63, 3.8) is 0 Å². The highest BCUT2D eigenvalue weighted by atomic mass is 16.5. The molecular weight excluding hydrogens is 254 g/mol. The van der Waals surface area contributed by atoms with Gasteiger partial charge in [0, 0.05) is 13.2 Å². The Balaban J connectivity index is 2.47. The molecule has 1 aromatic carbocycles. The molecule has 0 aliphatic heterocycles. The molecule has 2 rings (SSSR count). The van der Waals surface area contributed by atoms with Gasteiger partial charge in [0.25, 0.3) is 0 Å². The Morgan fingerprint density at radius 1 is 1.35 bits per heavy atom. The Kier molecular flexibility index (Phi) is 4.20. The van der Waals surface area contributed by atoms with Gasteiger partial charge in [0.2, 0.25) is 0 Å². The summed E-state index contributed by atoms with van der Waals surface area (Å²) >= 11 is 0. The average molecular weight is 271 g/mol. The summed E-state index contributed by atoms with van der Waals surface area (Å²) in [6, 6.07) is 8.92. The van der Waals surface area contributed by atoms with E-state index in [0.29, 0.717) is 23.5 Å². The lowest BCUT2D eigenvalue weighted by Crippen LogP contribution is -2.17. The number of carbonyl (C=O) groups is 1. The van der Waals surface area contributed by atoms with E-state index < -0.39 is 0 Å². The SMILES string of the molecule is CCOC(=O)c1cccc(N)c1N(C)c1cccnc1. The molecule has 0 radical (unpaired) electrons. The summed E-state index contributed by atoms with van der Waals surface area (Å²) in [5.74, 6) is -0.384. The van der Waals surface area contributed by atoms with Gasteiger partial charge in [0.15, 0.2) is 0 Å². The normalized spacial score (nSPS) is 10.1. The zero-order valence-electron chi connectivity index (χ0n) is 11.5. The highest BCUT2D eigenvalue weighted by Gasteiger charge is 2.18. The molecule has 2 aromatic rings. The molecule has 0 saturated carbocycles. The summed E-state index contributed by atoms with van der Waals surface area (Å²) in [6.45, 7) is 2.10. The van der Waals surface area contributed by atoms with Gasteiger partial charge in [-0.2, -0.15) is 0 Å². The molecule has 5 nitrogen and oxygen atoms in total. The van der Waals surface area contributed by atoms with Crippen molar-refractivity contribution in [2.45, 2.75) is 6.92 Å². The second kappa shape index (κ2) is 6.06. The van der Waals surface area contributed by atoms with Gasteiger partial charge in [-0.05, 0) is 31.2 Å². The van der Waals surface area contributed by atoms with E-state index in [2.05, 4.69) is 4.98 Å². The number of esters is 1. The number of anilines is 3. The van der Waals surface area contributed by atoms with Crippen molar-refractivity contribution < 1.29 is 9.53 Å². The molecular formula is C15H17N3O2. The summed E-state index contributed by atoms with van der Waals surface area (Å²) in [4.78, 5) is 17.9. The lowest BCUT2D eigenvalue weighted by molar-refractivity contribution is 0.0527. The fourth-order valence-electron chi connectivity index (χ4n) is 1.99. The Hall–Kier alpha value is -2.56. The molecule has 1 aromatic heterocycles. The van der Waals surface area contributed by atoms with E-state index in [0.717, 1.165) is 5.69 Å². The second-order valence-corrected chi connectivity index (χ2v) is 4.23. The highest BCUT2D eigenvalue weighted by molar-refractivity contribution is 6.00. The maximum atomic E-state index is 12.0. The average Bonchev–Trinajstić information content (AvgIpc) is 2.47. The van der Waals surface area contributed by atoms with Gasteiger partial charge in [0.1, 0.15) is 0 Å². The van der Waals surface area contributed by atoms with Crippen molar-refractivity contribution in [2.24, 2.45) is 0 Å². The van der Waals surface area contributed by atoms with Gasteiger partial charge in [-0.15, -0.1) is 0 Å². The van der Waals surface area contributed by atoms with Crippen molar-refractivity contribution in [3.05, 3.63) is 48.3 Å². The Morgan fingerprint density at radius 2 is 2.15 bits per heavy atom. The number of nitrogens with zero attached hydrogens (tertiary/aromatic N) is 2. The maximum Gasteiger partial charge on any atom is 0.340 e. The smallest absolute Gasteiger partial charge is 0.340 e. The molecule has 0 bridgehead atoms. The van der Waals surface area contributed by atoms with Crippen LogP contribution in [0.4, 0.5) is 17.1 Å². The van der Waals surface area contributed by atoms with Crippen LogP contribution in [0.1, 0.15) is 17.3 Å². The van der Waals surface area contributed by atoms with Gasteiger partial charge in [0.05, 0.1) is 35.4 Å². The van der Waals surface area contributed by atoms with Crippen LogP contribution in [0, 0.1) is 0 Å². The van der Waals surface area contributed by atoms with Gasteiger partial charge in [-0.1, -0.05) is 6.07 Å². The number of ether oxygens (including phenoxy) is 1. The number of para-hydroxylation sites is 1. The van der Waals surface area contributed by atoms with Crippen LogP contribution in [0.15, 0.2) is 42.7 Å². The van der Waals surface area contributed by atoms with Crippen LogP contribution >= 0.6 is 0 Å². The van der Waals surface area contributed by atoms with Gasteiger partial charge >= 0.3 is 5.97 Å². The summed E-state index contributed by atoms with van der Waals surface area (Å²) in [5.41, 5.74) is 8.45. The molecule has 0 atom stereocenters. The highest BCUT2D eigenvalue weighted by Crippen LogP contribution is 2.32. The fraction of sp³-hybridized carbons (Fsp3) is 0.200. The Morgan fingerprint density at radius 3 is 2.80 bits per heavy atom. The Labute approximate surface area is 118 Å². The largest absolute Gasteiger partial charge is 0.462 e. The molecule has 0 amide bonds.